The van der Waals surface area contributed by atoms with Crippen LogP contribution in [0.4, 0.5) is 13.6 Å². The van der Waals surface area contributed by atoms with Crippen LogP contribution in [0.15, 0.2) is 91.1 Å². The number of carbonyl (C=O) groups is 10. The number of alkyl carbamates (subject to hydrolysis) is 1. The number of aromatic nitrogens is 1. The Hall–Kier alpha value is -8.34. The lowest BCUT2D eigenvalue weighted by Crippen LogP contribution is -2.56. The van der Waals surface area contributed by atoms with Crippen LogP contribution in [0, 0.1) is 28.9 Å². The largest absolute Gasteiger partial charge is 0.481 e. The Kier molecular flexibility index (Phi) is 25.3. The number of nitrogens with zero attached hydrogens (tertiary/aromatic N) is 2. The molecule has 0 aliphatic carbocycles. The van der Waals surface area contributed by atoms with Gasteiger partial charge in [0.05, 0.1) is 31.5 Å². The van der Waals surface area contributed by atoms with E-state index in [-0.39, 0.29) is 63.1 Å². The van der Waals surface area contributed by atoms with E-state index in [1.807, 2.05) is 30.3 Å². The molecule has 438 valence electrons. The van der Waals surface area contributed by atoms with Crippen molar-refractivity contribution in [1.29, 1.82) is 0 Å². The number of aliphatic hydroxyl groups is 1. The highest BCUT2D eigenvalue weighted by Crippen LogP contribution is 2.41. The molecule has 0 radical (unpaired) electrons. The van der Waals surface area contributed by atoms with Gasteiger partial charge in [-0.1, -0.05) is 102 Å². The Morgan fingerprint density at radius 2 is 1.40 bits per heavy atom. The number of aliphatic carboxylic acids is 1. The lowest BCUT2D eigenvalue weighted by molar-refractivity contribution is -0.140. The van der Waals surface area contributed by atoms with E-state index in [1.54, 1.807) is 81.8 Å². The monoisotopic (exact) mass is 1130 g/mol. The number of primary amides is 1. The molecule has 21 nitrogen and oxygen atoms in total. The standard InChI is InChI=1S/C58H74F2N8O13/c1-35(2)52(66-57(80)81-34-38-16-11-8-12-17-38)47(71)26-36(3)54(77)65-45(29-48(61)72)56(79)64-44(55(78)62-24-13-18-41(70)30-63-49(73)21-22-51(75)76)23-25-68(50(74)33-69)53(58(4,5)6)46-27-39(42-28-40(59)19-20-43(42)60)32-67(46)31-37-14-9-7-10-15-37/h7-12,14-17,19-20,27-28,32,35-36,44-45,52-53,69H,13,18,21-26,29-31,33-34H2,1-6H3,(H2,61,72)(H,62,78)(H,63,73)(H,64,79)(H,65,77)(H,66,80)(H,75,76)/t36-,44+,45+,52+,53+/m1/s1. The molecule has 1 heterocycles. The van der Waals surface area contributed by atoms with Gasteiger partial charge < -0.3 is 56.7 Å². The summed E-state index contributed by atoms with van der Waals surface area (Å²) >= 11 is 0. The number of nitrogens with two attached hydrogens (primary N) is 1. The second-order valence-electron chi connectivity index (χ2n) is 21.1. The average Bonchev–Trinajstić information content (AvgIpc) is 3.94. The molecule has 5 atom stereocenters. The van der Waals surface area contributed by atoms with Crippen molar-refractivity contribution in [2.24, 2.45) is 23.0 Å². The minimum atomic E-state index is -1.72. The minimum Gasteiger partial charge on any atom is -0.481 e. The Morgan fingerprint density at radius 1 is 0.753 bits per heavy atom. The third-order valence-corrected chi connectivity index (χ3v) is 13.0. The first-order valence-electron chi connectivity index (χ1n) is 26.5. The first-order chi connectivity index (χ1) is 38.3. The summed E-state index contributed by atoms with van der Waals surface area (Å²) in [6, 6.07) is 17.3. The maximum Gasteiger partial charge on any atom is 0.408 e. The lowest BCUT2D eigenvalue weighted by Gasteiger charge is -2.41. The number of carbonyl (C=O) groups excluding carboxylic acids is 9. The topological polar surface area (TPSA) is 315 Å². The van der Waals surface area contributed by atoms with Crippen LogP contribution in [0.25, 0.3) is 11.1 Å². The molecule has 81 heavy (non-hydrogen) atoms. The van der Waals surface area contributed by atoms with Crippen molar-refractivity contribution in [2.45, 2.75) is 124 Å². The fourth-order valence-corrected chi connectivity index (χ4v) is 8.88. The van der Waals surface area contributed by atoms with Gasteiger partial charge in [0.1, 0.15) is 36.9 Å². The zero-order valence-electron chi connectivity index (χ0n) is 46.4. The Morgan fingerprint density at radius 3 is 2.00 bits per heavy atom. The van der Waals surface area contributed by atoms with E-state index >= 15 is 4.39 Å². The number of nitrogens with one attached hydrogen (secondary N) is 5. The van der Waals surface area contributed by atoms with E-state index in [0.29, 0.717) is 11.3 Å². The summed E-state index contributed by atoms with van der Waals surface area (Å²) in [6.07, 6.45) is -1.74. The van der Waals surface area contributed by atoms with Crippen molar-refractivity contribution in [2.75, 3.05) is 26.2 Å². The van der Waals surface area contributed by atoms with Gasteiger partial charge in [0.15, 0.2) is 11.6 Å². The number of amides is 7. The number of ether oxygens (including phenoxy) is 1. The molecule has 0 unspecified atom stereocenters. The van der Waals surface area contributed by atoms with E-state index in [2.05, 4.69) is 26.6 Å². The molecular weight excluding hydrogens is 1050 g/mol. The molecule has 0 bridgehead atoms. The molecule has 7 amide bonds. The highest BCUT2D eigenvalue weighted by molar-refractivity contribution is 5.96. The van der Waals surface area contributed by atoms with E-state index in [0.717, 1.165) is 23.8 Å². The molecule has 0 saturated heterocycles. The van der Waals surface area contributed by atoms with Crippen molar-refractivity contribution in [3.8, 4) is 11.1 Å². The number of carboxylic acid groups (broad SMARTS) is 1. The molecule has 0 aliphatic heterocycles. The van der Waals surface area contributed by atoms with Crippen molar-refractivity contribution >= 4 is 59.1 Å². The smallest absolute Gasteiger partial charge is 0.408 e. The van der Waals surface area contributed by atoms with Gasteiger partial charge in [0.2, 0.25) is 35.4 Å². The van der Waals surface area contributed by atoms with Crippen molar-refractivity contribution in [3.05, 3.63) is 120 Å². The van der Waals surface area contributed by atoms with Crippen molar-refractivity contribution in [3.63, 3.8) is 0 Å². The number of Topliss-reactive ketones (excluding diaryl/α,β-unsaturated/α-hetero) is 2. The van der Waals surface area contributed by atoms with Gasteiger partial charge in [-0.15, -0.1) is 0 Å². The third-order valence-electron chi connectivity index (χ3n) is 13.0. The second kappa shape index (κ2) is 31.5. The van der Waals surface area contributed by atoms with E-state index < -0.39 is 145 Å². The van der Waals surface area contributed by atoms with Crippen LogP contribution in [-0.4, -0.2) is 123 Å². The maximum atomic E-state index is 15.4. The summed E-state index contributed by atoms with van der Waals surface area (Å²) in [7, 11) is 0. The lowest BCUT2D eigenvalue weighted by atomic mass is 9.82. The molecular formula is C58H74F2N8O13. The molecule has 1 aromatic heterocycles. The normalized spacial score (nSPS) is 13.1. The highest BCUT2D eigenvalue weighted by atomic mass is 19.1. The number of hydrogen-bond donors (Lipinski definition) is 8. The maximum absolute atomic E-state index is 15.4. The van der Waals surface area contributed by atoms with Crippen LogP contribution in [0.1, 0.15) is 109 Å². The van der Waals surface area contributed by atoms with Gasteiger partial charge in [-0.05, 0) is 59.6 Å². The zero-order valence-corrected chi connectivity index (χ0v) is 46.4. The Labute approximate surface area is 469 Å². The minimum absolute atomic E-state index is 0.0309. The van der Waals surface area contributed by atoms with Crippen LogP contribution in [0.5, 0.6) is 0 Å². The van der Waals surface area contributed by atoms with E-state index in [1.165, 1.54) is 11.8 Å². The van der Waals surface area contributed by atoms with Gasteiger partial charge >= 0.3 is 12.1 Å². The summed E-state index contributed by atoms with van der Waals surface area (Å²) in [5.74, 6) is -10.5. The fraction of sp³-hybridized carbons (Fsp3) is 0.448. The van der Waals surface area contributed by atoms with Gasteiger partial charge in [-0.25, -0.2) is 13.6 Å². The SMILES string of the molecule is CC(C)[C@H](NC(=O)OCc1ccccc1)C(=O)C[C@@H](C)C(=O)N[C@@H](CC(N)=O)C(=O)N[C@@H](CCN(C(=O)CO)[C@@H](c1cc(-c2cc(F)ccc2F)cn1Cc1ccccc1)C(C)(C)C)C(=O)NCCCC(=O)CNC(=O)CCC(=O)O. The molecule has 3 aromatic carbocycles. The van der Waals surface area contributed by atoms with Crippen LogP contribution in [0.2, 0.25) is 0 Å². The predicted octanol–water partition coefficient (Wildman–Crippen LogP) is 4.62. The number of benzene rings is 3. The zero-order chi connectivity index (χ0) is 60.0. The number of halogens is 2. The third kappa shape index (κ3) is 21.3. The van der Waals surface area contributed by atoms with Gasteiger partial charge in [0.25, 0.3) is 0 Å². The summed E-state index contributed by atoms with van der Waals surface area (Å²) in [5, 5.41) is 31.9. The molecule has 9 N–H and O–H groups in total. The number of carboxylic acids is 1. The molecule has 0 saturated carbocycles. The molecule has 4 rings (SSSR count). The van der Waals surface area contributed by atoms with Crippen LogP contribution >= 0.6 is 0 Å². The Bertz CT molecular complexity index is 2840. The van der Waals surface area contributed by atoms with Crippen LogP contribution < -0.4 is 32.3 Å². The van der Waals surface area contributed by atoms with E-state index in [4.69, 9.17) is 15.6 Å². The van der Waals surface area contributed by atoms with Crippen molar-refractivity contribution in [1.82, 2.24) is 36.1 Å². The van der Waals surface area contributed by atoms with Crippen molar-refractivity contribution < 1.29 is 71.7 Å². The van der Waals surface area contributed by atoms with E-state index in [9.17, 15) is 57.4 Å². The van der Waals surface area contributed by atoms with Crippen LogP contribution in [-0.2, 0) is 61.0 Å². The summed E-state index contributed by atoms with van der Waals surface area (Å²) in [5.41, 5.74) is 6.80. The molecule has 0 spiro atoms. The molecule has 4 aromatic rings. The average molecular weight is 1130 g/mol. The predicted molar refractivity (Wildman–Crippen MR) is 293 cm³/mol. The summed E-state index contributed by atoms with van der Waals surface area (Å²) in [6.45, 7) is 8.34. The Balaban J connectivity index is 1.63. The second-order valence-corrected chi connectivity index (χ2v) is 21.1. The van der Waals surface area contributed by atoms with Crippen LogP contribution in [0.3, 0.4) is 0 Å². The first kappa shape index (κ1) is 65.2. The molecule has 23 heteroatoms. The molecule has 0 aliphatic rings. The quantitative estimate of drug-likeness (QED) is 0.0310. The fourth-order valence-electron chi connectivity index (χ4n) is 8.88. The number of hydrogen-bond acceptors (Lipinski definition) is 12. The van der Waals surface area contributed by atoms with Gasteiger partial charge in [0, 0.05) is 67.8 Å². The first-order valence-corrected chi connectivity index (χ1v) is 26.5. The summed E-state index contributed by atoms with van der Waals surface area (Å²) < 4.78 is 37.1. The molecule has 0 fully saturated rings. The number of ketones is 2. The number of aliphatic hydroxyl groups excluding tert-OH is 1. The number of rotatable bonds is 32. The van der Waals surface area contributed by atoms with Gasteiger partial charge in [-0.3, -0.25) is 43.2 Å². The van der Waals surface area contributed by atoms with Gasteiger partial charge in [-0.2, -0.15) is 0 Å². The summed E-state index contributed by atoms with van der Waals surface area (Å²) in [4.78, 5) is 132. The highest BCUT2D eigenvalue weighted by Gasteiger charge is 2.39.